The van der Waals surface area contributed by atoms with Crippen LogP contribution in [0.5, 0.6) is 0 Å². The Labute approximate surface area is 267 Å². The lowest BCUT2D eigenvalue weighted by Gasteiger charge is -2.46. The standard InChI is InChI=1S/C32H23F9N2O4S/c33-22-8-10-24(11-9-22)48(45,46)29(16-19(17-29)28(44)43-23-12-14-42-15-13-23)20-4-6-21(7-5-20)30(31(36,37)38,32(39,40)41)47-18-25-26(34)2-1-3-27(25)35/h1-15,19H,16-18H2,(H,42,43,44)/t19-,29+. The summed E-state index contributed by atoms with van der Waals surface area (Å²) in [5.41, 5.74) is -7.75. The fourth-order valence-electron chi connectivity index (χ4n) is 5.65. The maximum Gasteiger partial charge on any atom is 0.430 e. The third-order valence-corrected chi connectivity index (χ3v) is 10.7. The van der Waals surface area contributed by atoms with E-state index in [1.165, 1.54) is 24.5 Å². The monoisotopic (exact) mass is 702 g/mol. The number of halogens is 9. The number of amides is 1. The zero-order valence-electron chi connectivity index (χ0n) is 24.2. The van der Waals surface area contributed by atoms with Gasteiger partial charge in [0.05, 0.1) is 11.5 Å². The van der Waals surface area contributed by atoms with Gasteiger partial charge in [0.2, 0.25) is 5.91 Å². The molecule has 0 spiro atoms. The predicted octanol–water partition coefficient (Wildman–Crippen LogP) is 7.75. The number of pyridine rings is 1. The minimum absolute atomic E-state index is 0.262. The Balaban J connectivity index is 1.56. The van der Waals surface area contributed by atoms with Crippen LogP contribution in [-0.4, -0.2) is 31.7 Å². The van der Waals surface area contributed by atoms with Crippen molar-refractivity contribution in [3.05, 3.63) is 125 Å². The van der Waals surface area contributed by atoms with E-state index in [1.807, 2.05) is 0 Å². The number of rotatable bonds is 9. The van der Waals surface area contributed by atoms with Crippen molar-refractivity contribution < 1.29 is 57.5 Å². The fourth-order valence-corrected chi connectivity index (χ4v) is 7.88. The number of aromatic nitrogens is 1. The highest BCUT2D eigenvalue weighted by molar-refractivity contribution is 7.92. The highest BCUT2D eigenvalue weighted by atomic mass is 32.2. The lowest BCUT2D eigenvalue weighted by Crippen LogP contribution is -2.56. The first-order valence-corrected chi connectivity index (χ1v) is 15.4. The van der Waals surface area contributed by atoms with Crippen LogP contribution < -0.4 is 5.32 Å². The summed E-state index contributed by atoms with van der Waals surface area (Å²) in [6.07, 6.45) is -10.5. The lowest BCUT2D eigenvalue weighted by molar-refractivity contribution is -0.392. The molecule has 1 aliphatic rings. The molecule has 6 nitrogen and oxygen atoms in total. The van der Waals surface area contributed by atoms with Crippen LogP contribution in [0, 0.1) is 23.4 Å². The van der Waals surface area contributed by atoms with Gasteiger partial charge in [-0.1, -0.05) is 30.3 Å². The Hall–Kier alpha value is -4.44. The van der Waals surface area contributed by atoms with Gasteiger partial charge in [-0.05, 0) is 66.9 Å². The highest BCUT2D eigenvalue weighted by Crippen LogP contribution is 2.56. The van der Waals surface area contributed by atoms with Crippen LogP contribution in [0.2, 0.25) is 0 Å². The maximum absolute atomic E-state index is 14.4. The molecule has 0 aliphatic heterocycles. The first-order valence-electron chi connectivity index (χ1n) is 14.0. The Morgan fingerprint density at radius 2 is 1.35 bits per heavy atom. The minimum Gasteiger partial charge on any atom is -0.349 e. The van der Waals surface area contributed by atoms with Crippen LogP contribution in [0.25, 0.3) is 0 Å². The lowest BCUT2D eigenvalue weighted by atomic mass is 9.69. The Morgan fingerprint density at radius 1 is 0.812 bits per heavy atom. The predicted molar refractivity (Wildman–Crippen MR) is 152 cm³/mol. The Kier molecular flexibility index (Phi) is 9.11. The van der Waals surface area contributed by atoms with Crippen molar-refractivity contribution in [3.63, 3.8) is 0 Å². The molecule has 1 amide bonds. The van der Waals surface area contributed by atoms with Crippen LogP contribution >= 0.6 is 0 Å². The summed E-state index contributed by atoms with van der Waals surface area (Å²) in [6, 6.07) is 10.8. The molecule has 3 aromatic carbocycles. The molecule has 0 radical (unpaired) electrons. The molecule has 1 aromatic heterocycles. The highest BCUT2D eigenvalue weighted by Gasteiger charge is 2.73. The second-order valence-electron chi connectivity index (χ2n) is 11.0. The van der Waals surface area contributed by atoms with E-state index in [2.05, 4.69) is 15.0 Å². The van der Waals surface area contributed by atoms with Gasteiger partial charge in [0, 0.05) is 35.1 Å². The second kappa shape index (κ2) is 12.5. The molecule has 1 fully saturated rings. The third-order valence-electron chi connectivity index (χ3n) is 8.22. The zero-order chi connectivity index (χ0) is 35.1. The molecule has 16 heteroatoms. The van der Waals surface area contributed by atoms with Gasteiger partial charge in [0.1, 0.15) is 22.2 Å². The Bertz CT molecular complexity index is 1860. The number of nitrogens with one attached hydrogen (secondary N) is 1. The SMILES string of the molecule is O=C(Nc1ccncc1)[C@H]1C[C@@](c2ccc(C(OCc3c(F)cccc3F)(C(F)(F)F)C(F)(F)F)cc2)(S(=O)(=O)c2ccc(F)cc2)C1. The van der Waals surface area contributed by atoms with E-state index >= 15 is 0 Å². The quantitative estimate of drug-likeness (QED) is 0.143. The molecule has 1 aliphatic carbocycles. The summed E-state index contributed by atoms with van der Waals surface area (Å²) < 4.78 is 159. The van der Waals surface area contributed by atoms with Gasteiger partial charge in [0.25, 0.3) is 5.60 Å². The molecule has 0 bridgehead atoms. The van der Waals surface area contributed by atoms with Gasteiger partial charge < -0.3 is 10.1 Å². The van der Waals surface area contributed by atoms with Crippen molar-refractivity contribution in [2.45, 2.75) is 47.0 Å². The van der Waals surface area contributed by atoms with Crippen LogP contribution in [0.1, 0.15) is 29.5 Å². The number of hydrogen-bond donors (Lipinski definition) is 1. The second-order valence-corrected chi connectivity index (χ2v) is 13.3. The van der Waals surface area contributed by atoms with Crippen LogP contribution in [0.4, 0.5) is 45.2 Å². The van der Waals surface area contributed by atoms with Gasteiger partial charge in [0.15, 0.2) is 9.84 Å². The fraction of sp³-hybridized carbons (Fsp3) is 0.250. The molecular weight excluding hydrogens is 679 g/mol. The molecule has 48 heavy (non-hydrogen) atoms. The topological polar surface area (TPSA) is 85.4 Å². The number of sulfone groups is 1. The van der Waals surface area contributed by atoms with E-state index in [0.717, 1.165) is 42.5 Å². The van der Waals surface area contributed by atoms with Crippen molar-refractivity contribution in [3.8, 4) is 0 Å². The number of carbonyl (C=O) groups excluding carboxylic acids is 1. The van der Waals surface area contributed by atoms with E-state index in [-0.39, 0.29) is 5.56 Å². The van der Waals surface area contributed by atoms with Crippen molar-refractivity contribution in [2.24, 2.45) is 5.92 Å². The van der Waals surface area contributed by atoms with E-state index in [1.54, 1.807) is 0 Å². The molecule has 254 valence electrons. The summed E-state index contributed by atoms with van der Waals surface area (Å²) in [4.78, 5) is 16.4. The van der Waals surface area contributed by atoms with Gasteiger partial charge in [-0.3, -0.25) is 9.78 Å². The minimum atomic E-state index is -6.22. The zero-order valence-corrected chi connectivity index (χ0v) is 25.1. The van der Waals surface area contributed by atoms with Gasteiger partial charge in [-0.2, -0.15) is 26.3 Å². The van der Waals surface area contributed by atoms with Crippen LogP contribution in [0.15, 0.2) is 96.2 Å². The number of carbonyl (C=O) groups is 1. The van der Waals surface area contributed by atoms with Crippen molar-refractivity contribution in [1.29, 1.82) is 0 Å². The van der Waals surface area contributed by atoms with Gasteiger partial charge in [-0.25, -0.2) is 21.6 Å². The van der Waals surface area contributed by atoms with Crippen molar-refractivity contribution in [1.82, 2.24) is 4.98 Å². The summed E-state index contributed by atoms with van der Waals surface area (Å²) >= 11 is 0. The first kappa shape index (κ1) is 34.9. The van der Waals surface area contributed by atoms with Crippen molar-refractivity contribution in [2.75, 3.05) is 5.32 Å². The molecule has 1 N–H and O–H groups in total. The molecule has 1 saturated carbocycles. The smallest absolute Gasteiger partial charge is 0.349 e. The van der Waals surface area contributed by atoms with Crippen molar-refractivity contribution >= 4 is 21.4 Å². The normalized spacial score (nSPS) is 18.6. The van der Waals surface area contributed by atoms with E-state index in [9.17, 15) is 52.7 Å². The molecule has 0 unspecified atom stereocenters. The summed E-state index contributed by atoms with van der Waals surface area (Å²) in [5.74, 6) is -5.23. The van der Waals surface area contributed by atoms with E-state index in [4.69, 9.17) is 0 Å². The first-order chi connectivity index (χ1) is 22.4. The van der Waals surface area contributed by atoms with E-state index < -0.39 is 97.3 Å². The molecule has 1 heterocycles. The summed E-state index contributed by atoms with van der Waals surface area (Å²) in [6.45, 7) is -1.77. The average molecular weight is 703 g/mol. The average Bonchev–Trinajstić information content (AvgIpc) is 2.98. The van der Waals surface area contributed by atoms with Crippen LogP contribution in [-0.2, 0) is 36.3 Å². The molecule has 5 rings (SSSR count). The molecule has 0 atom stereocenters. The number of hydrogen-bond acceptors (Lipinski definition) is 5. The third kappa shape index (κ3) is 6.02. The summed E-state index contributed by atoms with van der Waals surface area (Å²) in [7, 11) is -4.55. The summed E-state index contributed by atoms with van der Waals surface area (Å²) in [5, 5.41) is 2.59. The van der Waals surface area contributed by atoms with Crippen LogP contribution in [0.3, 0.4) is 0 Å². The van der Waals surface area contributed by atoms with Gasteiger partial charge >= 0.3 is 12.4 Å². The molecule has 4 aromatic rings. The van der Waals surface area contributed by atoms with Gasteiger partial charge in [-0.15, -0.1) is 0 Å². The van der Waals surface area contributed by atoms with E-state index in [0.29, 0.717) is 30.0 Å². The number of alkyl halides is 6. The molecule has 0 saturated heterocycles. The Morgan fingerprint density at radius 3 is 1.88 bits per heavy atom. The maximum atomic E-state index is 14.4. The number of benzene rings is 3. The molecular formula is C32H23F9N2O4S. The number of nitrogens with zero attached hydrogens (tertiary/aromatic N) is 1. The largest absolute Gasteiger partial charge is 0.430 e. The number of ether oxygens (including phenoxy) is 1. The number of anilines is 1.